The summed E-state index contributed by atoms with van der Waals surface area (Å²) in [5, 5.41) is -0.438. The third-order valence-electron chi connectivity index (χ3n) is 3.09. The van der Waals surface area contributed by atoms with E-state index in [1.54, 1.807) is 26.0 Å². The number of rotatable bonds is 5. The highest BCUT2D eigenvalue weighted by Gasteiger charge is 2.15. The highest BCUT2D eigenvalue weighted by Crippen LogP contribution is 2.15. The van der Waals surface area contributed by atoms with Gasteiger partial charge in [0.25, 0.3) is 0 Å². The Bertz CT molecular complexity index is 647. The van der Waals surface area contributed by atoms with E-state index in [9.17, 15) is 8.42 Å². The average molecular weight is 289 g/mol. The maximum atomic E-state index is 11.8. The Morgan fingerprint density at radius 3 is 2.00 bits per heavy atom. The second-order valence-electron chi connectivity index (χ2n) is 5.06. The number of hydrogen-bond acceptors (Lipinski definition) is 2. The Hall–Kier alpha value is -1.81. The molecule has 4 heteroatoms. The Morgan fingerprint density at radius 2 is 1.45 bits per heavy atom. The summed E-state index contributed by atoms with van der Waals surface area (Å²) in [4.78, 5) is 0. The van der Waals surface area contributed by atoms with E-state index in [2.05, 4.69) is 16.9 Å². The molecule has 0 amide bonds. The van der Waals surface area contributed by atoms with E-state index in [1.165, 1.54) is 5.56 Å². The summed E-state index contributed by atoms with van der Waals surface area (Å²) >= 11 is 0. The molecule has 2 aromatic rings. The van der Waals surface area contributed by atoms with E-state index in [1.807, 2.05) is 30.3 Å². The van der Waals surface area contributed by atoms with Crippen molar-refractivity contribution < 1.29 is 8.42 Å². The first-order valence-corrected chi connectivity index (χ1v) is 8.16. The van der Waals surface area contributed by atoms with Crippen molar-refractivity contribution in [3.05, 3.63) is 65.7 Å². The highest BCUT2D eigenvalue weighted by molar-refractivity contribution is 7.93. The van der Waals surface area contributed by atoms with E-state index in [-0.39, 0.29) is 0 Å². The molecule has 0 aliphatic heterocycles. The molecule has 0 aromatic heterocycles. The zero-order valence-electron chi connectivity index (χ0n) is 11.7. The summed E-state index contributed by atoms with van der Waals surface area (Å²) in [5.74, 6) is 0. The first-order valence-electron chi connectivity index (χ1n) is 6.62. The van der Waals surface area contributed by atoms with Gasteiger partial charge in [-0.25, -0.2) is 8.42 Å². The quantitative estimate of drug-likeness (QED) is 0.916. The number of hydrogen-bond donors (Lipinski definition) is 1. The standard InChI is InChI=1S/C16H19NO2S/c1-13(2)20(18,19)17-16-10-8-15(9-11-16)12-14-6-4-3-5-7-14/h3-11,13,17H,12H2,1-2H3. The molecule has 0 aliphatic rings. The molecular formula is C16H19NO2S. The van der Waals surface area contributed by atoms with E-state index in [4.69, 9.17) is 0 Å². The van der Waals surface area contributed by atoms with Gasteiger partial charge in [0.1, 0.15) is 0 Å². The second-order valence-corrected chi connectivity index (χ2v) is 7.29. The van der Waals surface area contributed by atoms with Crippen LogP contribution in [0.3, 0.4) is 0 Å². The Balaban J connectivity index is 2.07. The maximum absolute atomic E-state index is 11.8. The fourth-order valence-electron chi connectivity index (χ4n) is 1.80. The van der Waals surface area contributed by atoms with Gasteiger partial charge in [0.2, 0.25) is 10.0 Å². The molecular weight excluding hydrogens is 270 g/mol. The van der Waals surface area contributed by atoms with Gasteiger partial charge < -0.3 is 0 Å². The molecule has 0 aliphatic carbocycles. The molecule has 0 spiro atoms. The number of nitrogens with one attached hydrogen (secondary N) is 1. The van der Waals surface area contributed by atoms with Gasteiger partial charge in [0.05, 0.1) is 5.25 Å². The summed E-state index contributed by atoms with van der Waals surface area (Å²) in [7, 11) is -3.27. The van der Waals surface area contributed by atoms with Crippen molar-refractivity contribution in [2.45, 2.75) is 25.5 Å². The lowest BCUT2D eigenvalue weighted by atomic mass is 10.1. The Morgan fingerprint density at radius 1 is 0.900 bits per heavy atom. The van der Waals surface area contributed by atoms with Crippen molar-refractivity contribution in [3.8, 4) is 0 Å². The van der Waals surface area contributed by atoms with Crippen LogP contribution < -0.4 is 4.72 Å². The van der Waals surface area contributed by atoms with Gasteiger partial charge in [-0.2, -0.15) is 0 Å². The highest BCUT2D eigenvalue weighted by atomic mass is 32.2. The van der Waals surface area contributed by atoms with Crippen molar-refractivity contribution >= 4 is 15.7 Å². The van der Waals surface area contributed by atoms with Gasteiger partial charge in [-0.15, -0.1) is 0 Å². The predicted molar refractivity (Wildman–Crippen MR) is 83.4 cm³/mol. The van der Waals surface area contributed by atoms with Gasteiger partial charge in [-0.1, -0.05) is 42.5 Å². The molecule has 0 saturated carbocycles. The van der Waals surface area contributed by atoms with Crippen molar-refractivity contribution in [2.75, 3.05) is 4.72 Å². The van der Waals surface area contributed by atoms with Crippen LogP contribution in [0.2, 0.25) is 0 Å². The summed E-state index contributed by atoms with van der Waals surface area (Å²) in [5.41, 5.74) is 3.00. The monoisotopic (exact) mass is 289 g/mol. The smallest absolute Gasteiger partial charge is 0.235 e. The summed E-state index contributed by atoms with van der Waals surface area (Å²) in [6.45, 7) is 3.32. The third-order valence-corrected chi connectivity index (χ3v) is 4.85. The molecule has 20 heavy (non-hydrogen) atoms. The SMILES string of the molecule is CC(C)S(=O)(=O)Nc1ccc(Cc2ccccc2)cc1. The minimum atomic E-state index is -3.27. The predicted octanol–water partition coefficient (Wildman–Crippen LogP) is 3.43. The van der Waals surface area contributed by atoms with Gasteiger partial charge in [0.15, 0.2) is 0 Å². The van der Waals surface area contributed by atoms with Crippen molar-refractivity contribution in [1.82, 2.24) is 0 Å². The Labute approximate surface area is 120 Å². The van der Waals surface area contributed by atoms with Crippen molar-refractivity contribution in [2.24, 2.45) is 0 Å². The van der Waals surface area contributed by atoms with Crippen LogP contribution in [-0.4, -0.2) is 13.7 Å². The molecule has 0 saturated heterocycles. The van der Waals surface area contributed by atoms with E-state index >= 15 is 0 Å². The van der Waals surface area contributed by atoms with Crippen molar-refractivity contribution in [3.63, 3.8) is 0 Å². The summed E-state index contributed by atoms with van der Waals surface area (Å²) in [6, 6.07) is 17.7. The summed E-state index contributed by atoms with van der Waals surface area (Å²) < 4.78 is 26.1. The molecule has 2 rings (SSSR count). The van der Waals surface area contributed by atoms with Crippen LogP contribution in [0, 0.1) is 0 Å². The minimum absolute atomic E-state index is 0.438. The number of sulfonamides is 1. The van der Waals surface area contributed by atoms with E-state index < -0.39 is 15.3 Å². The first-order chi connectivity index (χ1) is 9.47. The lowest BCUT2D eigenvalue weighted by molar-refractivity contribution is 0.593. The topological polar surface area (TPSA) is 46.2 Å². The van der Waals surface area contributed by atoms with Crippen LogP contribution in [0.15, 0.2) is 54.6 Å². The molecule has 0 fully saturated rings. The summed E-state index contributed by atoms with van der Waals surface area (Å²) in [6.07, 6.45) is 0.845. The van der Waals surface area contributed by atoms with Crippen LogP contribution in [0.5, 0.6) is 0 Å². The molecule has 3 nitrogen and oxygen atoms in total. The zero-order chi connectivity index (χ0) is 14.6. The normalized spacial score (nSPS) is 11.6. The van der Waals surface area contributed by atoms with Crippen LogP contribution >= 0.6 is 0 Å². The molecule has 0 radical (unpaired) electrons. The maximum Gasteiger partial charge on any atom is 0.235 e. The van der Waals surface area contributed by atoms with Crippen LogP contribution in [-0.2, 0) is 16.4 Å². The largest absolute Gasteiger partial charge is 0.283 e. The molecule has 0 bridgehead atoms. The number of anilines is 1. The average Bonchev–Trinajstić information content (AvgIpc) is 2.42. The van der Waals surface area contributed by atoms with Crippen LogP contribution in [0.4, 0.5) is 5.69 Å². The lowest BCUT2D eigenvalue weighted by Gasteiger charge is -2.11. The van der Waals surface area contributed by atoms with E-state index in [0.717, 1.165) is 12.0 Å². The first kappa shape index (κ1) is 14.6. The molecule has 0 unspecified atom stereocenters. The third kappa shape index (κ3) is 3.84. The van der Waals surface area contributed by atoms with Crippen LogP contribution in [0.25, 0.3) is 0 Å². The second kappa shape index (κ2) is 6.09. The van der Waals surface area contributed by atoms with Gasteiger partial charge in [0, 0.05) is 5.69 Å². The van der Waals surface area contributed by atoms with Crippen LogP contribution in [0.1, 0.15) is 25.0 Å². The van der Waals surface area contributed by atoms with Gasteiger partial charge >= 0.3 is 0 Å². The molecule has 106 valence electrons. The van der Waals surface area contributed by atoms with Gasteiger partial charge in [-0.05, 0) is 43.5 Å². The molecule has 0 atom stereocenters. The fourth-order valence-corrected chi connectivity index (χ4v) is 2.50. The zero-order valence-corrected chi connectivity index (χ0v) is 12.5. The minimum Gasteiger partial charge on any atom is -0.283 e. The van der Waals surface area contributed by atoms with Gasteiger partial charge in [-0.3, -0.25) is 4.72 Å². The fraction of sp³-hybridized carbons (Fsp3) is 0.250. The lowest BCUT2D eigenvalue weighted by Crippen LogP contribution is -2.22. The number of benzene rings is 2. The molecule has 2 aromatic carbocycles. The molecule has 0 heterocycles. The Kier molecular flexibility index (Phi) is 4.45. The van der Waals surface area contributed by atoms with E-state index in [0.29, 0.717) is 5.69 Å². The molecule has 1 N–H and O–H groups in total. The van der Waals surface area contributed by atoms with Crippen molar-refractivity contribution in [1.29, 1.82) is 0 Å².